The number of rotatable bonds is 1. The molecule has 0 saturated carbocycles. The average Bonchev–Trinajstić information content (AvgIpc) is 2.47. The summed E-state index contributed by atoms with van der Waals surface area (Å²) in [4.78, 5) is 13.0. The highest BCUT2D eigenvalue weighted by Crippen LogP contribution is 2.31. The summed E-state index contributed by atoms with van der Waals surface area (Å²) in [5.41, 5.74) is 6.55. The fourth-order valence-corrected chi connectivity index (χ4v) is 2.18. The Bertz CT molecular complexity index is 441. The number of carbonyl (C=O) groups excluding carboxylic acids is 1. The van der Waals surface area contributed by atoms with Gasteiger partial charge in [-0.25, -0.2) is 4.39 Å². The Morgan fingerprint density at radius 2 is 2.18 bits per heavy atom. The van der Waals surface area contributed by atoms with Crippen LogP contribution in [0.3, 0.4) is 0 Å². The van der Waals surface area contributed by atoms with Crippen molar-refractivity contribution in [3.05, 3.63) is 34.6 Å². The lowest BCUT2D eigenvalue weighted by atomic mass is 10.0. The minimum Gasteiger partial charge on any atom is -0.337 e. The number of likely N-dealkylation sites (N-methyl/N-ethyl adjacent to an activating group) is 1. The molecule has 0 spiro atoms. The second kappa shape index (κ2) is 5.21. The Kier molecular flexibility index (Phi) is 4.36. The van der Waals surface area contributed by atoms with Crippen LogP contribution in [0.1, 0.15) is 18.0 Å². The number of likely N-dealkylation sites (tertiary alicyclic amines) is 1. The molecular formula is C11H13Cl2FN2O. The molecule has 1 heterocycles. The van der Waals surface area contributed by atoms with Gasteiger partial charge in [-0.2, -0.15) is 0 Å². The minimum absolute atomic E-state index is 0. The zero-order valence-electron chi connectivity index (χ0n) is 9.19. The minimum atomic E-state index is -0.487. The van der Waals surface area contributed by atoms with Gasteiger partial charge in [0.2, 0.25) is 5.91 Å². The van der Waals surface area contributed by atoms with Crippen molar-refractivity contribution in [1.82, 2.24) is 4.90 Å². The van der Waals surface area contributed by atoms with Gasteiger partial charge in [-0.05, 0) is 17.7 Å². The van der Waals surface area contributed by atoms with Gasteiger partial charge in [0.25, 0.3) is 0 Å². The first kappa shape index (κ1) is 14.2. The number of amides is 1. The highest BCUT2D eigenvalue weighted by molar-refractivity contribution is 6.30. The number of nitrogens with zero attached hydrogens (tertiary/aromatic N) is 1. The molecule has 0 bridgehead atoms. The van der Waals surface area contributed by atoms with Crippen LogP contribution >= 0.6 is 24.0 Å². The second-order valence-corrected chi connectivity index (χ2v) is 4.40. The first-order valence-electron chi connectivity index (χ1n) is 4.97. The molecule has 3 nitrogen and oxygen atoms in total. The maximum atomic E-state index is 13.3. The highest BCUT2D eigenvalue weighted by atomic mass is 35.5. The van der Waals surface area contributed by atoms with E-state index in [4.69, 9.17) is 17.3 Å². The lowest BCUT2D eigenvalue weighted by molar-refractivity contribution is -0.127. The molecule has 1 amide bonds. The van der Waals surface area contributed by atoms with Crippen LogP contribution in [0.2, 0.25) is 5.02 Å². The summed E-state index contributed by atoms with van der Waals surface area (Å²) in [7, 11) is 1.67. The van der Waals surface area contributed by atoms with Gasteiger partial charge < -0.3 is 10.6 Å². The van der Waals surface area contributed by atoms with Gasteiger partial charge in [0.1, 0.15) is 5.82 Å². The van der Waals surface area contributed by atoms with E-state index in [1.54, 1.807) is 18.0 Å². The van der Waals surface area contributed by atoms with Crippen molar-refractivity contribution >= 4 is 29.9 Å². The molecule has 17 heavy (non-hydrogen) atoms. The first-order chi connectivity index (χ1) is 7.50. The standard InChI is InChI=1S/C11H12ClFN2O.ClH/c1-15-10(16)5-9(14)11(15)6-2-3-7(12)8(13)4-6;/h2-4,9,11H,5,14H2,1H3;1H/t9-,11+;/m0./s1. The van der Waals surface area contributed by atoms with Crippen LogP contribution in [-0.2, 0) is 4.79 Å². The summed E-state index contributed by atoms with van der Waals surface area (Å²) < 4.78 is 13.3. The molecule has 1 aromatic carbocycles. The van der Waals surface area contributed by atoms with E-state index in [0.29, 0.717) is 12.0 Å². The number of carbonyl (C=O) groups is 1. The molecule has 2 rings (SSSR count). The van der Waals surface area contributed by atoms with Gasteiger partial charge in [-0.1, -0.05) is 17.7 Å². The molecule has 1 aromatic rings. The number of hydrogen-bond acceptors (Lipinski definition) is 2. The zero-order valence-corrected chi connectivity index (χ0v) is 10.8. The Hall–Kier alpha value is -0.840. The second-order valence-electron chi connectivity index (χ2n) is 3.99. The van der Waals surface area contributed by atoms with Crippen LogP contribution in [0.5, 0.6) is 0 Å². The molecule has 1 aliphatic rings. The third kappa shape index (κ3) is 2.54. The monoisotopic (exact) mass is 278 g/mol. The first-order valence-corrected chi connectivity index (χ1v) is 5.34. The number of benzene rings is 1. The molecule has 6 heteroatoms. The summed E-state index contributed by atoms with van der Waals surface area (Å²) in [6.45, 7) is 0. The smallest absolute Gasteiger partial charge is 0.224 e. The molecule has 0 aliphatic carbocycles. The average molecular weight is 279 g/mol. The maximum absolute atomic E-state index is 13.3. The van der Waals surface area contributed by atoms with Gasteiger partial charge in [-0.15, -0.1) is 12.4 Å². The van der Waals surface area contributed by atoms with Crippen LogP contribution in [-0.4, -0.2) is 23.9 Å². The van der Waals surface area contributed by atoms with Crippen molar-refractivity contribution in [2.45, 2.75) is 18.5 Å². The number of halogens is 3. The summed E-state index contributed by atoms with van der Waals surface area (Å²) in [6.07, 6.45) is 0.297. The van der Waals surface area contributed by atoms with Crippen molar-refractivity contribution < 1.29 is 9.18 Å². The Morgan fingerprint density at radius 1 is 1.53 bits per heavy atom. The molecule has 2 N–H and O–H groups in total. The van der Waals surface area contributed by atoms with Gasteiger partial charge in [0, 0.05) is 19.5 Å². The summed E-state index contributed by atoms with van der Waals surface area (Å²) >= 11 is 5.60. The van der Waals surface area contributed by atoms with Crippen LogP contribution in [0.4, 0.5) is 4.39 Å². The molecular weight excluding hydrogens is 266 g/mol. The van der Waals surface area contributed by atoms with E-state index in [-0.39, 0.29) is 35.4 Å². The number of nitrogens with two attached hydrogens (primary N) is 1. The van der Waals surface area contributed by atoms with E-state index in [9.17, 15) is 9.18 Å². The van der Waals surface area contributed by atoms with Crippen molar-refractivity contribution in [2.75, 3.05) is 7.05 Å². The molecule has 1 saturated heterocycles. The predicted molar refractivity (Wildman–Crippen MR) is 66.8 cm³/mol. The Labute approximate surface area is 110 Å². The van der Waals surface area contributed by atoms with Gasteiger partial charge in [-0.3, -0.25) is 4.79 Å². The lowest BCUT2D eigenvalue weighted by Gasteiger charge is -2.23. The molecule has 2 atom stereocenters. The predicted octanol–water partition coefficient (Wildman–Crippen LogP) is 2.13. The quantitative estimate of drug-likeness (QED) is 0.856. The molecule has 0 radical (unpaired) electrons. The SMILES string of the molecule is CN1C(=O)C[C@H](N)[C@H]1c1ccc(Cl)c(F)c1.Cl. The molecule has 1 fully saturated rings. The largest absolute Gasteiger partial charge is 0.337 e. The van der Waals surface area contributed by atoms with E-state index in [0.717, 1.165) is 0 Å². The third-order valence-electron chi connectivity index (χ3n) is 2.91. The van der Waals surface area contributed by atoms with Crippen LogP contribution in [0.15, 0.2) is 18.2 Å². The van der Waals surface area contributed by atoms with Crippen LogP contribution < -0.4 is 5.73 Å². The van der Waals surface area contributed by atoms with Crippen molar-refractivity contribution in [3.63, 3.8) is 0 Å². The lowest BCUT2D eigenvalue weighted by Crippen LogP contribution is -2.30. The van der Waals surface area contributed by atoms with Gasteiger partial charge >= 0.3 is 0 Å². The van der Waals surface area contributed by atoms with E-state index >= 15 is 0 Å². The van der Waals surface area contributed by atoms with Crippen LogP contribution in [0.25, 0.3) is 0 Å². The normalized spacial score (nSPS) is 23.8. The van der Waals surface area contributed by atoms with E-state index in [1.807, 2.05) is 0 Å². The van der Waals surface area contributed by atoms with E-state index in [2.05, 4.69) is 0 Å². The molecule has 0 aromatic heterocycles. The van der Waals surface area contributed by atoms with E-state index < -0.39 is 5.82 Å². The maximum Gasteiger partial charge on any atom is 0.224 e. The summed E-state index contributed by atoms with van der Waals surface area (Å²) in [5.74, 6) is -0.507. The topological polar surface area (TPSA) is 46.3 Å². The zero-order chi connectivity index (χ0) is 11.9. The summed E-state index contributed by atoms with van der Waals surface area (Å²) in [5, 5.41) is 0.0734. The molecule has 94 valence electrons. The van der Waals surface area contributed by atoms with Crippen molar-refractivity contribution in [3.8, 4) is 0 Å². The van der Waals surface area contributed by atoms with E-state index in [1.165, 1.54) is 12.1 Å². The summed E-state index contributed by atoms with van der Waals surface area (Å²) in [6, 6.07) is 3.96. The van der Waals surface area contributed by atoms with Gasteiger partial charge in [0.15, 0.2) is 0 Å². The van der Waals surface area contributed by atoms with Crippen molar-refractivity contribution in [1.29, 1.82) is 0 Å². The Morgan fingerprint density at radius 3 is 2.65 bits per heavy atom. The van der Waals surface area contributed by atoms with Crippen LogP contribution in [0, 0.1) is 5.82 Å². The molecule has 0 unspecified atom stereocenters. The Balaban J connectivity index is 0.00000144. The highest BCUT2D eigenvalue weighted by Gasteiger charge is 2.36. The fourth-order valence-electron chi connectivity index (χ4n) is 2.07. The van der Waals surface area contributed by atoms with Gasteiger partial charge in [0.05, 0.1) is 11.1 Å². The third-order valence-corrected chi connectivity index (χ3v) is 3.22. The number of hydrogen-bond donors (Lipinski definition) is 1. The molecule has 1 aliphatic heterocycles. The van der Waals surface area contributed by atoms with Crippen molar-refractivity contribution in [2.24, 2.45) is 5.73 Å². The fraction of sp³-hybridized carbons (Fsp3) is 0.364.